The maximum absolute atomic E-state index is 13.0. The molecule has 0 radical (unpaired) electrons. The predicted molar refractivity (Wildman–Crippen MR) is 98.4 cm³/mol. The predicted octanol–water partition coefficient (Wildman–Crippen LogP) is 3.87. The highest BCUT2D eigenvalue weighted by Crippen LogP contribution is 2.44. The summed E-state index contributed by atoms with van der Waals surface area (Å²) in [5, 5.41) is 11.3. The standard InChI is InChI=1S/C21H20N2O4/c1-12-6-7-15(13(2)10-12)11-22(21(26)27)23-19(24)17-5-3-4-16(14-8-9-14)18(17)20(23)25/h3-7,10,14H,8-9,11H2,1-2H3,(H,26,27). The molecule has 0 atom stereocenters. The van der Waals surface area contributed by atoms with Crippen LogP contribution in [0.1, 0.15) is 61.7 Å². The number of amides is 3. The van der Waals surface area contributed by atoms with Crippen molar-refractivity contribution in [2.24, 2.45) is 0 Å². The summed E-state index contributed by atoms with van der Waals surface area (Å²) in [6, 6.07) is 10.9. The van der Waals surface area contributed by atoms with Crippen molar-refractivity contribution in [3.8, 4) is 0 Å². The van der Waals surface area contributed by atoms with Crippen LogP contribution < -0.4 is 0 Å². The maximum atomic E-state index is 13.0. The van der Waals surface area contributed by atoms with Gasteiger partial charge in [-0.05, 0) is 55.4 Å². The van der Waals surface area contributed by atoms with Crippen molar-refractivity contribution >= 4 is 17.9 Å². The summed E-state index contributed by atoms with van der Waals surface area (Å²) in [7, 11) is 0. The van der Waals surface area contributed by atoms with Crippen LogP contribution in [0, 0.1) is 13.8 Å². The Labute approximate surface area is 157 Å². The van der Waals surface area contributed by atoms with E-state index in [1.165, 1.54) is 0 Å². The molecule has 3 amide bonds. The molecule has 6 nitrogen and oxygen atoms in total. The zero-order valence-electron chi connectivity index (χ0n) is 15.2. The minimum atomic E-state index is -1.34. The van der Waals surface area contributed by atoms with Crippen LogP contribution in [0.4, 0.5) is 4.79 Å². The largest absolute Gasteiger partial charge is 0.464 e. The number of fused-ring (bicyclic) bond motifs is 1. The van der Waals surface area contributed by atoms with Crippen molar-refractivity contribution in [2.75, 3.05) is 0 Å². The van der Waals surface area contributed by atoms with Gasteiger partial charge >= 0.3 is 6.09 Å². The van der Waals surface area contributed by atoms with E-state index in [0.29, 0.717) is 5.56 Å². The Morgan fingerprint density at radius 3 is 2.52 bits per heavy atom. The second-order valence-electron chi connectivity index (χ2n) is 7.24. The summed E-state index contributed by atoms with van der Waals surface area (Å²) in [6.45, 7) is 3.77. The number of rotatable bonds is 4. The van der Waals surface area contributed by atoms with E-state index in [2.05, 4.69) is 0 Å². The molecule has 1 heterocycles. The highest BCUT2D eigenvalue weighted by molar-refractivity contribution is 6.22. The molecule has 0 saturated heterocycles. The van der Waals surface area contributed by atoms with Crippen LogP contribution in [-0.2, 0) is 6.54 Å². The number of aryl methyl sites for hydroxylation is 2. The third-order valence-corrected chi connectivity index (χ3v) is 5.22. The van der Waals surface area contributed by atoms with Gasteiger partial charge in [-0.25, -0.2) is 9.80 Å². The topological polar surface area (TPSA) is 77.9 Å². The minimum absolute atomic E-state index is 0.0638. The number of hydrazine groups is 1. The first kappa shape index (κ1) is 17.3. The molecule has 2 aliphatic rings. The third kappa shape index (κ3) is 2.87. The molecule has 1 aliphatic carbocycles. The highest BCUT2D eigenvalue weighted by Gasteiger charge is 2.44. The Morgan fingerprint density at radius 2 is 1.89 bits per heavy atom. The van der Waals surface area contributed by atoms with Crippen molar-refractivity contribution in [1.29, 1.82) is 0 Å². The molecule has 6 heteroatoms. The number of carboxylic acid groups (broad SMARTS) is 1. The van der Waals surface area contributed by atoms with Crippen LogP contribution in [0.5, 0.6) is 0 Å². The number of nitrogens with zero attached hydrogens (tertiary/aromatic N) is 2. The van der Waals surface area contributed by atoms with Gasteiger partial charge in [0.25, 0.3) is 11.8 Å². The number of benzene rings is 2. The van der Waals surface area contributed by atoms with Crippen LogP contribution in [0.3, 0.4) is 0 Å². The first-order chi connectivity index (χ1) is 12.9. The monoisotopic (exact) mass is 364 g/mol. The average molecular weight is 364 g/mol. The molecule has 2 aromatic rings. The van der Waals surface area contributed by atoms with Gasteiger partial charge in [-0.2, -0.15) is 5.01 Å². The number of carbonyl (C=O) groups is 3. The Balaban J connectivity index is 1.71. The number of hydrogen-bond donors (Lipinski definition) is 1. The molecule has 0 unspecified atom stereocenters. The first-order valence-corrected chi connectivity index (χ1v) is 8.96. The van der Waals surface area contributed by atoms with Gasteiger partial charge in [-0.1, -0.05) is 35.9 Å². The quantitative estimate of drug-likeness (QED) is 0.836. The second kappa shape index (κ2) is 6.23. The van der Waals surface area contributed by atoms with Crippen molar-refractivity contribution < 1.29 is 19.5 Å². The smallest absolute Gasteiger partial charge is 0.427 e. The molecule has 27 heavy (non-hydrogen) atoms. The number of imide groups is 1. The van der Waals surface area contributed by atoms with Crippen molar-refractivity contribution in [3.05, 3.63) is 69.8 Å². The van der Waals surface area contributed by atoms with E-state index in [-0.39, 0.29) is 18.0 Å². The van der Waals surface area contributed by atoms with Crippen molar-refractivity contribution in [1.82, 2.24) is 10.0 Å². The van der Waals surface area contributed by atoms with Crippen LogP contribution in [0.25, 0.3) is 0 Å². The van der Waals surface area contributed by atoms with E-state index in [0.717, 1.165) is 45.1 Å². The molecule has 138 valence electrons. The summed E-state index contributed by atoms with van der Waals surface area (Å²) >= 11 is 0. The van der Waals surface area contributed by atoms with E-state index in [9.17, 15) is 19.5 Å². The van der Waals surface area contributed by atoms with Crippen molar-refractivity contribution in [2.45, 2.75) is 39.2 Å². The van der Waals surface area contributed by atoms with Crippen LogP contribution in [-0.4, -0.2) is 33.0 Å². The third-order valence-electron chi connectivity index (χ3n) is 5.22. The summed E-state index contributed by atoms with van der Waals surface area (Å²) in [5.74, 6) is -0.844. The Hall–Kier alpha value is -3.15. The van der Waals surface area contributed by atoms with Gasteiger partial charge in [-0.3, -0.25) is 9.59 Å². The summed E-state index contributed by atoms with van der Waals surface area (Å²) in [4.78, 5) is 37.8. The molecule has 1 N–H and O–H groups in total. The van der Waals surface area contributed by atoms with Gasteiger partial charge in [0.05, 0.1) is 17.7 Å². The fraction of sp³-hybridized carbons (Fsp3) is 0.286. The summed E-state index contributed by atoms with van der Waals surface area (Å²) < 4.78 is 0. The molecule has 0 spiro atoms. The normalized spacial score (nSPS) is 15.9. The first-order valence-electron chi connectivity index (χ1n) is 8.96. The second-order valence-corrected chi connectivity index (χ2v) is 7.24. The molecule has 2 aromatic carbocycles. The molecule has 1 aliphatic heterocycles. The number of hydrogen-bond acceptors (Lipinski definition) is 3. The zero-order valence-corrected chi connectivity index (χ0v) is 15.2. The van der Waals surface area contributed by atoms with Gasteiger partial charge in [0.2, 0.25) is 0 Å². The highest BCUT2D eigenvalue weighted by atomic mass is 16.4. The SMILES string of the molecule is Cc1ccc(CN(C(=O)O)N2C(=O)c3cccc(C4CC4)c3C2=O)c(C)c1. The molecular formula is C21H20N2O4. The lowest BCUT2D eigenvalue weighted by molar-refractivity contribution is 0.00316. The minimum Gasteiger partial charge on any atom is -0.464 e. The molecule has 1 fully saturated rings. The fourth-order valence-electron chi connectivity index (χ4n) is 3.66. The van der Waals surface area contributed by atoms with Gasteiger partial charge in [0.15, 0.2) is 0 Å². The van der Waals surface area contributed by atoms with E-state index < -0.39 is 17.9 Å². The summed E-state index contributed by atoms with van der Waals surface area (Å²) in [5.41, 5.74) is 4.23. The lowest BCUT2D eigenvalue weighted by Gasteiger charge is -2.28. The Kier molecular flexibility index (Phi) is 3.98. The number of carbonyl (C=O) groups excluding carboxylic acids is 2. The molecule has 0 bridgehead atoms. The Bertz CT molecular complexity index is 978. The van der Waals surface area contributed by atoms with Gasteiger partial charge in [0.1, 0.15) is 0 Å². The summed E-state index contributed by atoms with van der Waals surface area (Å²) in [6.07, 6.45) is 0.643. The van der Waals surface area contributed by atoms with Crippen LogP contribution in [0.15, 0.2) is 36.4 Å². The molecular weight excluding hydrogens is 344 g/mol. The van der Waals surface area contributed by atoms with Crippen LogP contribution >= 0.6 is 0 Å². The fourth-order valence-corrected chi connectivity index (χ4v) is 3.66. The molecule has 4 rings (SSSR count). The van der Waals surface area contributed by atoms with E-state index in [1.807, 2.05) is 38.1 Å². The molecule has 0 aromatic heterocycles. The van der Waals surface area contributed by atoms with Gasteiger partial charge < -0.3 is 5.11 Å². The lowest BCUT2D eigenvalue weighted by Crippen LogP contribution is -2.48. The van der Waals surface area contributed by atoms with Crippen LogP contribution in [0.2, 0.25) is 0 Å². The average Bonchev–Trinajstić information content (AvgIpc) is 3.43. The lowest BCUT2D eigenvalue weighted by atomic mass is 9.99. The maximum Gasteiger partial charge on any atom is 0.427 e. The van der Waals surface area contributed by atoms with E-state index in [1.54, 1.807) is 12.1 Å². The van der Waals surface area contributed by atoms with E-state index >= 15 is 0 Å². The molecule has 1 saturated carbocycles. The van der Waals surface area contributed by atoms with Gasteiger partial charge in [0, 0.05) is 0 Å². The van der Waals surface area contributed by atoms with Crippen molar-refractivity contribution in [3.63, 3.8) is 0 Å². The Morgan fingerprint density at radius 1 is 1.15 bits per heavy atom. The van der Waals surface area contributed by atoms with Gasteiger partial charge in [-0.15, -0.1) is 0 Å². The zero-order chi connectivity index (χ0) is 19.3. The van der Waals surface area contributed by atoms with E-state index in [4.69, 9.17) is 0 Å².